The van der Waals surface area contributed by atoms with Crippen molar-refractivity contribution in [1.82, 2.24) is 4.90 Å². The molecule has 0 spiro atoms. The normalized spacial score (nSPS) is 15.2. The lowest BCUT2D eigenvalue weighted by Crippen LogP contribution is -2.46. The highest BCUT2D eigenvalue weighted by Gasteiger charge is 2.36. The molecule has 0 aliphatic carbocycles. The minimum Gasteiger partial charge on any atom is -0.511 e. The number of amides is 2. The van der Waals surface area contributed by atoms with E-state index in [1.54, 1.807) is 26.8 Å². The number of hydrogen-bond donors (Lipinski definition) is 2. The number of carbonyl (C=O) groups excluding carboxylic acids is 2. The van der Waals surface area contributed by atoms with Gasteiger partial charge in [-0.2, -0.15) is 0 Å². The van der Waals surface area contributed by atoms with Gasteiger partial charge < -0.3 is 15.2 Å². The van der Waals surface area contributed by atoms with Crippen LogP contribution in [0.1, 0.15) is 27.2 Å². The van der Waals surface area contributed by atoms with Gasteiger partial charge in [0.1, 0.15) is 27.7 Å². The van der Waals surface area contributed by atoms with Crippen LogP contribution in [0, 0.1) is 5.82 Å². The molecule has 1 heterocycles. The largest absolute Gasteiger partial charge is 0.511 e. The van der Waals surface area contributed by atoms with Crippen molar-refractivity contribution >= 4 is 34.9 Å². The zero-order chi connectivity index (χ0) is 18.8. The molecule has 0 atom stereocenters. The Balaban J connectivity index is 2.19. The molecule has 1 aliphatic rings. The first-order valence-corrected chi connectivity index (χ1v) is 8.03. The molecule has 134 valence electrons. The summed E-state index contributed by atoms with van der Waals surface area (Å²) in [6.45, 7) is 5.04. The smallest absolute Gasteiger partial charge is 0.417 e. The Morgan fingerprint density at radius 1 is 1.40 bits per heavy atom. The zero-order valence-corrected chi connectivity index (χ0v) is 14.9. The van der Waals surface area contributed by atoms with E-state index in [4.69, 9.17) is 17.0 Å². The van der Waals surface area contributed by atoms with Gasteiger partial charge in [-0.3, -0.25) is 4.79 Å². The van der Waals surface area contributed by atoms with Crippen molar-refractivity contribution in [1.29, 1.82) is 0 Å². The highest BCUT2D eigenvalue weighted by atomic mass is 32.1. The summed E-state index contributed by atoms with van der Waals surface area (Å²) in [5.74, 6) is -1.46. The summed E-state index contributed by atoms with van der Waals surface area (Å²) in [5, 5.41) is 12.7. The van der Waals surface area contributed by atoms with Crippen molar-refractivity contribution in [2.45, 2.75) is 32.8 Å². The highest BCUT2D eigenvalue weighted by Crippen LogP contribution is 2.22. The second-order valence-electron chi connectivity index (χ2n) is 6.47. The molecule has 25 heavy (non-hydrogen) atoms. The predicted molar refractivity (Wildman–Crippen MR) is 94.8 cm³/mol. The predicted octanol–water partition coefficient (Wildman–Crippen LogP) is 3.54. The van der Waals surface area contributed by atoms with Crippen LogP contribution in [0.4, 0.5) is 14.9 Å². The minimum absolute atomic E-state index is 0.00828. The van der Waals surface area contributed by atoms with Gasteiger partial charge in [0.05, 0.1) is 0 Å². The van der Waals surface area contributed by atoms with E-state index in [0.29, 0.717) is 5.69 Å². The summed E-state index contributed by atoms with van der Waals surface area (Å²) in [6, 6.07) is 5.50. The summed E-state index contributed by atoms with van der Waals surface area (Å²) in [5.41, 5.74) is -0.634. The average Bonchev–Trinajstić information content (AvgIpc) is 2.45. The Bertz CT molecular complexity index is 755. The number of rotatable bonds is 2. The van der Waals surface area contributed by atoms with E-state index in [2.05, 4.69) is 5.32 Å². The van der Waals surface area contributed by atoms with E-state index in [-0.39, 0.29) is 29.3 Å². The van der Waals surface area contributed by atoms with Crippen molar-refractivity contribution < 1.29 is 23.8 Å². The van der Waals surface area contributed by atoms with Crippen LogP contribution in [0.25, 0.3) is 0 Å². The lowest BCUT2D eigenvalue weighted by molar-refractivity contribution is -0.126. The van der Waals surface area contributed by atoms with E-state index in [1.807, 2.05) is 0 Å². The maximum atomic E-state index is 13.3. The van der Waals surface area contributed by atoms with E-state index in [9.17, 15) is 19.1 Å². The Morgan fingerprint density at radius 2 is 2.08 bits per heavy atom. The van der Waals surface area contributed by atoms with E-state index in [1.165, 1.54) is 18.2 Å². The fourth-order valence-electron chi connectivity index (χ4n) is 2.18. The molecule has 6 nitrogen and oxygen atoms in total. The van der Waals surface area contributed by atoms with Crippen LogP contribution in [-0.2, 0) is 9.53 Å². The van der Waals surface area contributed by atoms with Gasteiger partial charge in [-0.1, -0.05) is 18.3 Å². The van der Waals surface area contributed by atoms with Crippen molar-refractivity contribution in [3.8, 4) is 0 Å². The topological polar surface area (TPSA) is 78.9 Å². The molecular formula is C17H19FN2O4S. The Hall–Kier alpha value is -2.48. The average molecular weight is 366 g/mol. The first-order valence-electron chi connectivity index (χ1n) is 7.62. The van der Waals surface area contributed by atoms with E-state index < -0.39 is 23.4 Å². The molecule has 1 aliphatic heterocycles. The van der Waals surface area contributed by atoms with Crippen molar-refractivity contribution in [2.75, 3.05) is 11.9 Å². The Labute approximate surface area is 150 Å². The number of imide groups is 1. The SMILES string of the molecule is CC(C)(C)OC(=O)N1CCC(O)=C(C(=S)Nc2cccc(F)c2)C1=O. The molecule has 0 radical (unpaired) electrons. The number of benzene rings is 1. The number of aliphatic hydroxyl groups excluding tert-OH is 1. The van der Waals surface area contributed by atoms with Crippen LogP contribution in [0.2, 0.25) is 0 Å². The molecule has 0 unspecified atom stereocenters. The van der Waals surface area contributed by atoms with Gasteiger partial charge in [-0.05, 0) is 39.0 Å². The van der Waals surface area contributed by atoms with Gasteiger partial charge in [0.2, 0.25) is 0 Å². The third-order valence-electron chi connectivity index (χ3n) is 3.24. The summed E-state index contributed by atoms with van der Waals surface area (Å²) >= 11 is 5.15. The van der Waals surface area contributed by atoms with Gasteiger partial charge >= 0.3 is 6.09 Å². The minimum atomic E-state index is -0.809. The van der Waals surface area contributed by atoms with E-state index in [0.717, 1.165) is 4.90 Å². The molecule has 2 N–H and O–H groups in total. The molecule has 0 aromatic heterocycles. The maximum Gasteiger partial charge on any atom is 0.417 e. The first kappa shape index (κ1) is 18.9. The molecule has 8 heteroatoms. The quantitative estimate of drug-likeness (QED) is 0.780. The molecule has 0 fully saturated rings. The van der Waals surface area contributed by atoms with Gasteiger partial charge in [0.15, 0.2) is 0 Å². The second kappa shape index (κ2) is 7.18. The van der Waals surface area contributed by atoms with Crippen LogP contribution in [0.3, 0.4) is 0 Å². The third kappa shape index (κ3) is 4.76. The Kier molecular flexibility index (Phi) is 5.42. The fourth-order valence-corrected chi connectivity index (χ4v) is 2.50. The lowest BCUT2D eigenvalue weighted by atomic mass is 10.1. The number of nitrogens with one attached hydrogen (secondary N) is 1. The van der Waals surface area contributed by atoms with Crippen LogP contribution < -0.4 is 5.32 Å². The number of carbonyl (C=O) groups is 2. The van der Waals surface area contributed by atoms with Gasteiger partial charge in [0.25, 0.3) is 5.91 Å². The number of nitrogens with zero attached hydrogens (tertiary/aromatic N) is 1. The van der Waals surface area contributed by atoms with Crippen LogP contribution in [0.5, 0.6) is 0 Å². The van der Waals surface area contributed by atoms with Crippen molar-refractivity contribution in [3.05, 3.63) is 41.4 Å². The fraction of sp³-hybridized carbons (Fsp3) is 0.353. The molecule has 0 saturated heterocycles. The van der Waals surface area contributed by atoms with E-state index >= 15 is 0 Å². The maximum absolute atomic E-state index is 13.3. The van der Waals surface area contributed by atoms with Crippen molar-refractivity contribution in [2.24, 2.45) is 0 Å². The number of hydrogen-bond acceptors (Lipinski definition) is 5. The number of halogens is 1. The number of aliphatic hydroxyl groups is 1. The van der Waals surface area contributed by atoms with Gasteiger partial charge in [-0.15, -0.1) is 0 Å². The van der Waals surface area contributed by atoms with Gasteiger partial charge in [0, 0.05) is 18.7 Å². The standard InChI is InChI=1S/C17H19FN2O4S/c1-17(2,3)24-16(23)20-8-7-12(21)13(15(20)22)14(25)19-11-6-4-5-10(18)9-11/h4-6,9,21H,7-8H2,1-3H3,(H,19,25). The summed E-state index contributed by atoms with van der Waals surface area (Å²) < 4.78 is 18.5. The van der Waals surface area contributed by atoms with Crippen LogP contribution in [0.15, 0.2) is 35.6 Å². The summed E-state index contributed by atoms with van der Waals surface area (Å²) in [4.78, 5) is 25.5. The third-order valence-corrected chi connectivity index (χ3v) is 3.55. The first-order chi connectivity index (χ1) is 11.6. The van der Waals surface area contributed by atoms with Gasteiger partial charge in [-0.25, -0.2) is 14.1 Å². The lowest BCUT2D eigenvalue weighted by Gasteiger charge is -2.29. The monoisotopic (exact) mass is 366 g/mol. The second-order valence-corrected chi connectivity index (χ2v) is 6.88. The molecule has 2 rings (SSSR count). The molecule has 1 aromatic rings. The highest BCUT2D eigenvalue weighted by molar-refractivity contribution is 7.81. The molecular weight excluding hydrogens is 347 g/mol. The number of ether oxygens (including phenoxy) is 1. The zero-order valence-electron chi connectivity index (χ0n) is 14.1. The number of thiocarbonyl (C=S) groups is 1. The van der Waals surface area contributed by atoms with Crippen molar-refractivity contribution in [3.63, 3.8) is 0 Å². The summed E-state index contributed by atoms with van der Waals surface area (Å²) in [7, 11) is 0. The summed E-state index contributed by atoms with van der Waals surface area (Å²) in [6.07, 6.45) is -0.748. The Morgan fingerprint density at radius 3 is 2.68 bits per heavy atom. The molecule has 0 saturated carbocycles. The van der Waals surface area contributed by atoms with Crippen LogP contribution >= 0.6 is 12.2 Å². The number of anilines is 1. The molecule has 0 bridgehead atoms. The van der Waals surface area contributed by atoms with Crippen LogP contribution in [-0.4, -0.2) is 39.1 Å². The molecule has 1 aromatic carbocycles. The molecule has 2 amide bonds.